The quantitative estimate of drug-likeness (QED) is 0.937. The van der Waals surface area contributed by atoms with Crippen molar-refractivity contribution in [2.75, 3.05) is 11.5 Å². The van der Waals surface area contributed by atoms with Gasteiger partial charge in [-0.3, -0.25) is 4.72 Å². The van der Waals surface area contributed by atoms with Crippen molar-refractivity contribution in [3.8, 4) is 11.5 Å². The molecular weight excluding hydrogens is 288 g/mol. The smallest absolute Gasteiger partial charge is 0.263 e. The maximum Gasteiger partial charge on any atom is 0.263 e. The van der Waals surface area contributed by atoms with Gasteiger partial charge in [0.2, 0.25) is 6.79 Å². The lowest BCUT2D eigenvalue weighted by molar-refractivity contribution is 0.174. The molecule has 0 spiro atoms. The van der Waals surface area contributed by atoms with Crippen LogP contribution in [0.4, 0.5) is 5.13 Å². The summed E-state index contributed by atoms with van der Waals surface area (Å²) in [7, 11) is -3.66. The van der Waals surface area contributed by atoms with E-state index in [1.807, 2.05) is 0 Å². The van der Waals surface area contributed by atoms with Crippen LogP contribution < -0.4 is 14.2 Å². The number of sulfonamides is 1. The van der Waals surface area contributed by atoms with Gasteiger partial charge >= 0.3 is 0 Å². The molecule has 1 aliphatic heterocycles. The highest BCUT2D eigenvalue weighted by Gasteiger charge is 2.21. The minimum atomic E-state index is -3.66. The Morgan fingerprint density at radius 3 is 2.84 bits per heavy atom. The molecular formula is C11H10N2O4S2. The number of aryl methyl sites for hydroxylation is 1. The predicted octanol–water partition coefficient (Wildman–Crippen LogP) is 1.98. The average molecular weight is 298 g/mol. The number of aromatic nitrogens is 1. The van der Waals surface area contributed by atoms with Crippen LogP contribution in [0, 0.1) is 6.92 Å². The van der Waals surface area contributed by atoms with E-state index in [2.05, 4.69) is 9.71 Å². The lowest BCUT2D eigenvalue weighted by Crippen LogP contribution is -2.12. The first-order valence-electron chi connectivity index (χ1n) is 5.39. The minimum absolute atomic E-state index is 0.109. The fraction of sp³-hybridized carbons (Fsp3) is 0.182. The first-order valence-corrected chi connectivity index (χ1v) is 7.75. The lowest BCUT2D eigenvalue weighted by Gasteiger charge is -2.05. The summed E-state index contributed by atoms with van der Waals surface area (Å²) in [6.07, 6.45) is 0. The summed E-state index contributed by atoms with van der Waals surface area (Å²) in [5.41, 5.74) is 0.772. The Balaban J connectivity index is 1.92. The highest BCUT2D eigenvalue weighted by molar-refractivity contribution is 7.93. The third kappa shape index (κ3) is 2.36. The summed E-state index contributed by atoms with van der Waals surface area (Å²) in [5.74, 6) is 0.974. The number of thiazole rings is 1. The van der Waals surface area contributed by atoms with Crippen molar-refractivity contribution in [2.45, 2.75) is 11.8 Å². The van der Waals surface area contributed by atoms with Gasteiger partial charge < -0.3 is 9.47 Å². The molecule has 0 amide bonds. The van der Waals surface area contributed by atoms with Crippen LogP contribution in [-0.2, 0) is 10.0 Å². The van der Waals surface area contributed by atoms with Crippen LogP contribution in [0.1, 0.15) is 5.69 Å². The zero-order chi connectivity index (χ0) is 13.5. The molecule has 2 heterocycles. The number of ether oxygens (including phenoxy) is 2. The monoisotopic (exact) mass is 298 g/mol. The van der Waals surface area contributed by atoms with Gasteiger partial charge in [-0.2, -0.15) is 0 Å². The van der Waals surface area contributed by atoms with Crippen LogP contribution in [0.2, 0.25) is 0 Å². The van der Waals surface area contributed by atoms with Crippen molar-refractivity contribution in [2.24, 2.45) is 0 Å². The molecule has 6 nitrogen and oxygen atoms in total. The largest absolute Gasteiger partial charge is 0.454 e. The summed E-state index contributed by atoms with van der Waals surface area (Å²) in [6, 6.07) is 4.48. The molecule has 8 heteroatoms. The standard InChI is InChI=1S/C11H10N2O4S2/c1-7-5-18-11(12-7)13-19(14,15)8-2-3-9-10(4-8)17-6-16-9/h2-5H,6H2,1H3,(H,12,13). The number of rotatable bonds is 3. The van der Waals surface area contributed by atoms with E-state index in [4.69, 9.17) is 9.47 Å². The molecule has 0 fully saturated rings. The zero-order valence-corrected chi connectivity index (χ0v) is 11.5. The van der Waals surface area contributed by atoms with Crippen LogP contribution in [-0.4, -0.2) is 20.2 Å². The molecule has 19 heavy (non-hydrogen) atoms. The molecule has 0 bridgehead atoms. The summed E-state index contributed by atoms with van der Waals surface area (Å²) < 4.78 is 37.1. The van der Waals surface area contributed by atoms with Crippen molar-refractivity contribution >= 4 is 26.5 Å². The van der Waals surface area contributed by atoms with Gasteiger partial charge in [0, 0.05) is 11.4 Å². The predicted molar refractivity (Wildman–Crippen MR) is 70.2 cm³/mol. The maximum atomic E-state index is 12.2. The summed E-state index contributed by atoms with van der Waals surface area (Å²) in [5, 5.41) is 2.12. The highest BCUT2D eigenvalue weighted by Crippen LogP contribution is 2.34. The molecule has 1 aromatic heterocycles. The molecule has 0 saturated carbocycles. The molecule has 1 aliphatic rings. The fourth-order valence-electron chi connectivity index (χ4n) is 1.62. The number of anilines is 1. The van der Waals surface area contributed by atoms with E-state index in [9.17, 15) is 8.42 Å². The Labute approximate surface area is 114 Å². The van der Waals surface area contributed by atoms with E-state index in [1.165, 1.54) is 23.5 Å². The third-order valence-electron chi connectivity index (χ3n) is 2.50. The maximum absolute atomic E-state index is 12.2. The molecule has 1 aromatic carbocycles. The Kier molecular flexibility index (Phi) is 2.83. The zero-order valence-electron chi connectivity index (χ0n) is 9.91. The van der Waals surface area contributed by atoms with E-state index >= 15 is 0 Å². The first-order chi connectivity index (χ1) is 9.04. The summed E-state index contributed by atoms with van der Waals surface area (Å²) in [6.45, 7) is 1.91. The number of nitrogens with zero attached hydrogens (tertiary/aromatic N) is 1. The van der Waals surface area contributed by atoms with Gasteiger partial charge in [0.1, 0.15) is 0 Å². The molecule has 3 rings (SSSR count). The minimum Gasteiger partial charge on any atom is -0.454 e. The molecule has 0 atom stereocenters. The summed E-state index contributed by atoms with van der Waals surface area (Å²) in [4.78, 5) is 4.18. The highest BCUT2D eigenvalue weighted by atomic mass is 32.2. The van der Waals surface area contributed by atoms with Crippen molar-refractivity contribution in [1.29, 1.82) is 0 Å². The molecule has 100 valence electrons. The lowest BCUT2D eigenvalue weighted by atomic mass is 10.3. The van der Waals surface area contributed by atoms with Crippen LogP contribution >= 0.6 is 11.3 Å². The Bertz CT molecular complexity index is 724. The van der Waals surface area contributed by atoms with E-state index in [1.54, 1.807) is 18.4 Å². The normalized spacial score (nSPS) is 13.5. The Morgan fingerprint density at radius 1 is 1.32 bits per heavy atom. The second-order valence-electron chi connectivity index (χ2n) is 3.91. The SMILES string of the molecule is Cc1csc(NS(=O)(=O)c2ccc3c(c2)OCO3)n1. The Hall–Kier alpha value is -1.80. The van der Waals surface area contributed by atoms with Crippen LogP contribution in [0.3, 0.4) is 0 Å². The van der Waals surface area contributed by atoms with E-state index in [0.717, 1.165) is 5.69 Å². The first kappa shape index (κ1) is 12.2. The van der Waals surface area contributed by atoms with Gasteiger partial charge in [-0.25, -0.2) is 13.4 Å². The van der Waals surface area contributed by atoms with Gasteiger partial charge in [0.25, 0.3) is 10.0 Å². The third-order valence-corrected chi connectivity index (χ3v) is 4.84. The van der Waals surface area contributed by atoms with E-state index in [0.29, 0.717) is 16.6 Å². The molecule has 0 radical (unpaired) electrons. The second-order valence-corrected chi connectivity index (χ2v) is 6.46. The van der Waals surface area contributed by atoms with Gasteiger partial charge in [-0.1, -0.05) is 0 Å². The van der Waals surface area contributed by atoms with E-state index in [-0.39, 0.29) is 11.7 Å². The molecule has 0 saturated heterocycles. The van der Waals surface area contributed by atoms with Crippen molar-refractivity contribution in [1.82, 2.24) is 4.98 Å². The second kappa shape index (κ2) is 4.39. The number of benzene rings is 1. The van der Waals surface area contributed by atoms with Gasteiger partial charge in [0.15, 0.2) is 16.6 Å². The molecule has 0 aliphatic carbocycles. The molecule has 1 N–H and O–H groups in total. The van der Waals surface area contributed by atoms with Crippen LogP contribution in [0.25, 0.3) is 0 Å². The number of fused-ring (bicyclic) bond motifs is 1. The fourth-order valence-corrected chi connectivity index (χ4v) is 3.57. The van der Waals surface area contributed by atoms with Crippen molar-refractivity contribution in [3.63, 3.8) is 0 Å². The average Bonchev–Trinajstić information content (AvgIpc) is 2.96. The summed E-state index contributed by atoms with van der Waals surface area (Å²) >= 11 is 1.24. The van der Waals surface area contributed by atoms with Crippen molar-refractivity contribution < 1.29 is 17.9 Å². The number of hydrogen-bond acceptors (Lipinski definition) is 6. The van der Waals surface area contributed by atoms with Crippen LogP contribution in [0.15, 0.2) is 28.5 Å². The topological polar surface area (TPSA) is 77.5 Å². The number of nitrogens with one attached hydrogen (secondary N) is 1. The van der Waals surface area contributed by atoms with Gasteiger partial charge in [-0.05, 0) is 19.1 Å². The van der Waals surface area contributed by atoms with Crippen LogP contribution in [0.5, 0.6) is 11.5 Å². The number of hydrogen-bond donors (Lipinski definition) is 1. The molecule has 2 aromatic rings. The van der Waals surface area contributed by atoms with E-state index < -0.39 is 10.0 Å². The van der Waals surface area contributed by atoms with Gasteiger partial charge in [0.05, 0.1) is 10.6 Å². The van der Waals surface area contributed by atoms with Gasteiger partial charge in [-0.15, -0.1) is 11.3 Å². The van der Waals surface area contributed by atoms with Crippen molar-refractivity contribution in [3.05, 3.63) is 29.3 Å². The molecule has 0 unspecified atom stereocenters. The Morgan fingerprint density at radius 2 is 2.11 bits per heavy atom.